The van der Waals surface area contributed by atoms with Crippen molar-refractivity contribution in [3.05, 3.63) is 23.7 Å². The summed E-state index contributed by atoms with van der Waals surface area (Å²) < 4.78 is 5.60. The fourth-order valence-corrected chi connectivity index (χ4v) is 2.40. The van der Waals surface area contributed by atoms with Crippen molar-refractivity contribution in [2.24, 2.45) is 5.73 Å². The van der Waals surface area contributed by atoms with Crippen molar-refractivity contribution in [1.82, 2.24) is 4.90 Å². The molecule has 2 rings (SSSR count). The Morgan fingerprint density at radius 3 is 2.65 bits per heavy atom. The minimum atomic E-state index is -0.220. The summed E-state index contributed by atoms with van der Waals surface area (Å²) in [6, 6.07) is 3.65. The number of nitrogens with zero attached hydrogens (tertiary/aromatic N) is 1. The Hall–Kier alpha value is -0.880. The van der Waals surface area contributed by atoms with Crippen molar-refractivity contribution < 1.29 is 14.6 Å². The third-order valence-electron chi connectivity index (χ3n) is 3.46. The van der Waals surface area contributed by atoms with Crippen LogP contribution in [0.3, 0.4) is 0 Å². The van der Waals surface area contributed by atoms with Crippen LogP contribution in [0.4, 0.5) is 0 Å². The van der Waals surface area contributed by atoms with Gasteiger partial charge in [0.15, 0.2) is 0 Å². The third kappa shape index (κ3) is 2.52. The molecule has 0 saturated carbocycles. The number of aryl methyl sites for hydroxylation is 1. The molecule has 1 aromatic heterocycles. The zero-order valence-corrected chi connectivity index (χ0v) is 10.0. The fraction of sp³-hybridized carbons (Fsp3) is 0.667. The molecule has 4 N–H and O–H groups in total. The first kappa shape index (κ1) is 12.6. The molecule has 0 spiro atoms. The Labute approximate surface area is 101 Å². The summed E-state index contributed by atoms with van der Waals surface area (Å²) in [7, 11) is 0. The van der Waals surface area contributed by atoms with Gasteiger partial charge in [0, 0.05) is 25.0 Å². The lowest BCUT2D eigenvalue weighted by atomic mass is 10.0. The van der Waals surface area contributed by atoms with E-state index in [1.165, 1.54) is 0 Å². The standard InChI is InChI=1S/C12H20N2O3/c1-8-2-3-12(17-8)10-4-14(5-11(10)13)9(6-15)7-16/h2-3,9-11,15-16H,4-7,13H2,1H3/t10-,11-/m0/s1. The molecule has 1 aliphatic heterocycles. The van der Waals surface area contributed by atoms with Crippen molar-refractivity contribution in [2.45, 2.75) is 24.9 Å². The molecule has 2 atom stereocenters. The van der Waals surface area contributed by atoms with Crippen LogP contribution < -0.4 is 5.73 Å². The Kier molecular flexibility index (Phi) is 3.83. The number of rotatable bonds is 4. The summed E-state index contributed by atoms with van der Waals surface area (Å²) in [5.41, 5.74) is 6.09. The number of furan rings is 1. The smallest absolute Gasteiger partial charge is 0.110 e. The number of aliphatic hydroxyl groups excluding tert-OH is 2. The van der Waals surface area contributed by atoms with Crippen LogP contribution in [0.1, 0.15) is 17.4 Å². The Morgan fingerprint density at radius 1 is 1.41 bits per heavy atom. The first-order valence-electron chi connectivity index (χ1n) is 5.93. The maximum atomic E-state index is 9.17. The number of hydrogen-bond donors (Lipinski definition) is 3. The van der Waals surface area contributed by atoms with E-state index >= 15 is 0 Å². The van der Waals surface area contributed by atoms with Gasteiger partial charge in [-0.2, -0.15) is 0 Å². The molecule has 2 heterocycles. The number of aliphatic hydroxyl groups is 2. The van der Waals surface area contributed by atoms with E-state index in [1.54, 1.807) is 0 Å². The highest BCUT2D eigenvalue weighted by atomic mass is 16.3. The summed E-state index contributed by atoms with van der Waals surface area (Å²) in [6.45, 7) is 3.21. The van der Waals surface area contributed by atoms with Crippen molar-refractivity contribution in [2.75, 3.05) is 26.3 Å². The normalized spacial score (nSPS) is 25.9. The van der Waals surface area contributed by atoms with Crippen LogP contribution in [0.25, 0.3) is 0 Å². The van der Waals surface area contributed by atoms with Gasteiger partial charge >= 0.3 is 0 Å². The minimum absolute atomic E-state index is 0.0128. The number of hydrogen-bond acceptors (Lipinski definition) is 5. The minimum Gasteiger partial charge on any atom is -0.466 e. The number of likely N-dealkylation sites (tertiary alicyclic amines) is 1. The lowest BCUT2D eigenvalue weighted by Crippen LogP contribution is -2.40. The van der Waals surface area contributed by atoms with Gasteiger partial charge in [0.05, 0.1) is 19.3 Å². The molecule has 96 valence electrons. The topological polar surface area (TPSA) is 82.9 Å². The van der Waals surface area contributed by atoms with Gasteiger partial charge in [-0.25, -0.2) is 0 Å². The molecule has 0 unspecified atom stereocenters. The summed E-state index contributed by atoms with van der Waals surface area (Å²) in [5.74, 6) is 1.92. The van der Waals surface area contributed by atoms with Gasteiger partial charge in [-0.3, -0.25) is 4.90 Å². The average Bonchev–Trinajstić information content (AvgIpc) is 2.87. The summed E-state index contributed by atoms with van der Waals surface area (Å²) in [5, 5.41) is 18.3. The highest BCUT2D eigenvalue weighted by Crippen LogP contribution is 2.28. The number of nitrogens with two attached hydrogens (primary N) is 1. The SMILES string of the molecule is Cc1ccc([C@H]2CN(C(CO)CO)C[C@@H]2N)o1. The third-order valence-corrected chi connectivity index (χ3v) is 3.46. The van der Waals surface area contributed by atoms with Gasteiger partial charge in [0.25, 0.3) is 0 Å². The lowest BCUT2D eigenvalue weighted by molar-refractivity contribution is 0.0887. The van der Waals surface area contributed by atoms with E-state index < -0.39 is 0 Å². The summed E-state index contributed by atoms with van der Waals surface area (Å²) in [6.07, 6.45) is 0. The van der Waals surface area contributed by atoms with E-state index in [9.17, 15) is 0 Å². The predicted molar refractivity (Wildman–Crippen MR) is 63.7 cm³/mol. The molecule has 0 radical (unpaired) electrons. The molecule has 0 aromatic carbocycles. The van der Waals surface area contributed by atoms with E-state index in [0.29, 0.717) is 6.54 Å². The van der Waals surface area contributed by atoms with Gasteiger partial charge in [-0.15, -0.1) is 0 Å². The van der Waals surface area contributed by atoms with E-state index in [4.69, 9.17) is 20.4 Å². The van der Waals surface area contributed by atoms with Gasteiger partial charge < -0.3 is 20.4 Å². The molecule has 5 heteroatoms. The van der Waals surface area contributed by atoms with Crippen LogP contribution in [0.5, 0.6) is 0 Å². The maximum Gasteiger partial charge on any atom is 0.110 e. The first-order valence-corrected chi connectivity index (χ1v) is 5.93. The van der Waals surface area contributed by atoms with Crippen LogP contribution in [0, 0.1) is 6.92 Å². The quantitative estimate of drug-likeness (QED) is 0.671. The van der Waals surface area contributed by atoms with Gasteiger partial charge in [0.2, 0.25) is 0 Å². The van der Waals surface area contributed by atoms with Gasteiger partial charge in [-0.05, 0) is 19.1 Å². The van der Waals surface area contributed by atoms with E-state index in [2.05, 4.69) is 0 Å². The molecule has 5 nitrogen and oxygen atoms in total. The van der Waals surface area contributed by atoms with Crippen LogP contribution in [-0.2, 0) is 0 Å². The van der Waals surface area contributed by atoms with Gasteiger partial charge in [-0.1, -0.05) is 0 Å². The molecule has 0 amide bonds. The summed E-state index contributed by atoms with van der Waals surface area (Å²) >= 11 is 0. The zero-order chi connectivity index (χ0) is 12.4. The fourth-order valence-electron chi connectivity index (χ4n) is 2.40. The van der Waals surface area contributed by atoms with E-state index in [0.717, 1.165) is 18.1 Å². The molecule has 1 aromatic rings. The molecule has 17 heavy (non-hydrogen) atoms. The highest BCUT2D eigenvalue weighted by Gasteiger charge is 2.36. The van der Waals surface area contributed by atoms with Crippen molar-refractivity contribution in [3.63, 3.8) is 0 Å². The van der Waals surface area contributed by atoms with E-state index in [-0.39, 0.29) is 31.2 Å². The first-order chi connectivity index (χ1) is 8.15. The van der Waals surface area contributed by atoms with Crippen LogP contribution in [-0.4, -0.2) is 53.5 Å². The zero-order valence-electron chi connectivity index (χ0n) is 10.0. The lowest BCUT2D eigenvalue weighted by Gasteiger charge is -2.23. The predicted octanol–water partition coefficient (Wildman–Crippen LogP) is -0.332. The molecule has 0 aliphatic carbocycles. The van der Waals surface area contributed by atoms with Gasteiger partial charge in [0.1, 0.15) is 11.5 Å². The second kappa shape index (κ2) is 5.18. The molecule has 1 aliphatic rings. The molecule has 0 bridgehead atoms. The Morgan fingerprint density at radius 2 is 2.12 bits per heavy atom. The molecular weight excluding hydrogens is 220 g/mol. The largest absolute Gasteiger partial charge is 0.466 e. The maximum absolute atomic E-state index is 9.17. The van der Waals surface area contributed by atoms with Crippen molar-refractivity contribution in [1.29, 1.82) is 0 Å². The average molecular weight is 240 g/mol. The highest BCUT2D eigenvalue weighted by molar-refractivity contribution is 5.16. The van der Waals surface area contributed by atoms with Crippen LogP contribution in [0.15, 0.2) is 16.5 Å². The molecular formula is C12H20N2O3. The Bertz CT molecular complexity index is 362. The van der Waals surface area contributed by atoms with Crippen molar-refractivity contribution >= 4 is 0 Å². The second-order valence-electron chi connectivity index (χ2n) is 4.69. The summed E-state index contributed by atoms with van der Waals surface area (Å²) in [4.78, 5) is 2.02. The van der Waals surface area contributed by atoms with E-state index in [1.807, 2.05) is 24.0 Å². The Balaban J connectivity index is 2.07. The van der Waals surface area contributed by atoms with Crippen LogP contribution >= 0.6 is 0 Å². The van der Waals surface area contributed by atoms with Crippen molar-refractivity contribution in [3.8, 4) is 0 Å². The molecule has 1 fully saturated rings. The molecule has 1 saturated heterocycles. The van der Waals surface area contributed by atoms with Crippen LogP contribution in [0.2, 0.25) is 0 Å². The second-order valence-corrected chi connectivity index (χ2v) is 4.69. The monoisotopic (exact) mass is 240 g/mol.